The summed E-state index contributed by atoms with van der Waals surface area (Å²) < 4.78 is 14.8. The molecule has 0 saturated carbocycles. The third kappa shape index (κ3) is 7.75. The Labute approximate surface area is 543 Å². The van der Waals surface area contributed by atoms with Crippen LogP contribution < -0.4 is 9.80 Å². The van der Waals surface area contributed by atoms with E-state index in [-0.39, 0.29) is 5.92 Å². The van der Waals surface area contributed by atoms with Crippen LogP contribution in [0.25, 0.3) is 121 Å². The van der Waals surface area contributed by atoms with Gasteiger partial charge >= 0.3 is 0 Å². The lowest BCUT2D eigenvalue weighted by atomic mass is 9.70. The first kappa shape index (κ1) is 53.6. The van der Waals surface area contributed by atoms with Crippen LogP contribution in [0.5, 0.6) is 0 Å². The highest BCUT2D eigenvalue weighted by molar-refractivity contribution is 6.35. The van der Waals surface area contributed by atoms with Crippen LogP contribution in [0.2, 0.25) is 0 Å². The molecule has 19 rings (SSSR count). The fourth-order valence-electron chi connectivity index (χ4n) is 16.2. The number of nitrogens with zero attached hydrogens (tertiary/aromatic N) is 3. The van der Waals surface area contributed by atoms with E-state index >= 15 is 0 Å². The molecule has 0 N–H and O–H groups in total. The van der Waals surface area contributed by atoms with E-state index < -0.39 is 5.41 Å². The van der Waals surface area contributed by atoms with Crippen molar-refractivity contribution >= 4 is 110 Å². The number of fused-ring (bicyclic) bond motifs is 22. The van der Waals surface area contributed by atoms with E-state index in [0.29, 0.717) is 16.7 Å². The molecule has 0 radical (unpaired) electrons. The number of hydrogen-bond donors (Lipinski definition) is 0. The number of para-hydroxylation sites is 2. The lowest BCUT2D eigenvalue weighted by Crippen LogP contribution is -2.26. The molecule has 2 aliphatic rings. The minimum atomic E-state index is -0.608. The zero-order valence-corrected chi connectivity index (χ0v) is 51.6. The van der Waals surface area contributed by atoms with E-state index in [1.807, 2.05) is 18.2 Å². The monoisotopic (exact) mass is 1200 g/mol. The normalized spacial score (nSPS) is 12.7. The predicted octanol–water partition coefficient (Wildman–Crippen LogP) is 24.6. The Kier molecular flexibility index (Phi) is 11.8. The molecule has 5 heteroatoms. The molecule has 0 amide bonds. The average Bonchev–Trinajstić information content (AvgIpc) is 1.48. The highest BCUT2D eigenvalue weighted by Gasteiger charge is 2.52. The third-order valence-corrected chi connectivity index (χ3v) is 20.1. The highest BCUT2D eigenvalue weighted by atomic mass is 16.3. The van der Waals surface area contributed by atoms with Crippen molar-refractivity contribution in [3.8, 4) is 50.6 Å². The fourth-order valence-corrected chi connectivity index (χ4v) is 16.2. The standard InChI is InChI=1S/C89H57N3O2/c1-54(2)73-47-59-49-80(92(65-46-58-27-12-13-32-66(58)74(50-65)56-25-8-4-9-26-56)63-41-43-70-69-35-16-20-39-78(69)89(79(70)51-63)76-37-18-14-33-67(76)68-34-15-19-38-77(68)89)75-48-60(53-90)83-71-36-17-21-40-81(71)93-88(83)86(75)84(59)85-72-44-42-64(52-82(72)94-87(73)85)91(61-29-10-5-11-30-61)62-31-22-28-57(45-62)55-23-6-3-7-24-55/h3-52,54H,1-2H3. The summed E-state index contributed by atoms with van der Waals surface area (Å²) >= 11 is 0. The Balaban J connectivity index is 0.931. The van der Waals surface area contributed by atoms with Crippen LogP contribution in [0, 0.1) is 11.3 Å². The summed E-state index contributed by atoms with van der Waals surface area (Å²) in [7, 11) is 0. The summed E-state index contributed by atoms with van der Waals surface area (Å²) in [6.07, 6.45) is 0. The lowest BCUT2D eigenvalue weighted by molar-refractivity contribution is 0.657. The second-order valence-electron chi connectivity index (χ2n) is 25.5. The highest BCUT2D eigenvalue weighted by Crippen LogP contribution is 2.64. The molecular weight excluding hydrogens is 1140 g/mol. The van der Waals surface area contributed by atoms with E-state index in [0.717, 1.165) is 127 Å². The summed E-state index contributed by atoms with van der Waals surface area (Å²) in [5, 5.41) is 21.4. The maximum atomic E-state index is 11.7. The molecule has 2 heterocycles. The van der Waals surface area contributed by atoms with Gasteiger partial charge in [-0.05, 0) is 179 Å². The zero-order valence-electron chi connectivity index (χ0n) is 51.6. The van der Waals surface area contributed by atoms with E-state index in [1.165, 1.54) is 44.5 Å². The van der Waals surface area contributed by atoms with Gasteiger partial charge in [0.1, 0.15) is 22.3 Å². The summed E-state index contributed by atoms with van der Waals surface area (Å²) in [5.74, 6) is 0.0662. The quantitative estimate of drug-likeness (QED) is 0.135. The van der Waals surface area contributed by atoms with Gasteiger partial charge in [0.25, 0.3) is 0 Å². The number of rotatable bonds is 9. The van der Waals surface area contributed by atoms with E-state index in [2.05, 4.69) is 315 Å². The fraction of sp³-hybridized carbons (Fsp3) is 0.0449. The molecule has 0 bridgehead atoms. The molecule has 0 fully saturated rings. The van der Waals surface area contributed by atoms with Crippen molar-refractivity contribution in [1.29, 1.82) is 5.26 Å². The summed E-state index contributed by atoms with van der Waals surface area (Å²) in [4.78, 5) is 4.79. The summed E-state index contributed by atoms with van der Waals surface area (Å²) in [6, 6.07) is 113. The van der Waals surface area contributed by atoms with Crippen LogP contribution in [-0.4, -0.2) is 0 Å². The van der Waals surface area contributed by atoms with Crippen LogP contribution in [0.4, 0.5) is 34.1 Å². The Hall–Kier alpha value is -12.2. The molecule has 2 aliphatic carbocycles. The number of furan rings is 2. The molecule has 2 aromatic heterocycles. The van der Waals surface area contributed by atoms with E-state index in [4.69, 9.17) is 8.83 Å². The van der Waals surface area contributed by atoms with Gasteiger partial charge in [0.15, 0.2) is 0 Å². The summed E-state index contributed by atoms with van der Waals surface area (Å²) in [5.41, 5.74) is 24.4. The molecule has 5 nitrogen and oxygen atoms in total. The van der Waals surface area contributed by atoms with Crippen LogP contribution in [0.1, 0.15) is 53.1 Å². The molecule has 0 atom stereocenters. The largest absolute Gasteiger partial charge is 0.456 e. The van der Waals surface area contributed by atoms with Gasteiger partial charge in [-0.25, -0.2) is 0 Å². The van der Waals surface area contributed by atoms with Crippen molar-refractivity contribution in [3.05, 3.63) is 337 Å². The first-order valence-corrected chi connectivity index (χ1v) is 32.4. The van der Waals surface area contributed by atoms with Gasteiger partial charge in [0, 0.05) is 72.2 Å². The van der Waals surface area contributed by atoms with Gasteiger partial charge in [-0.3, -0.25) is 0 Å². The van der Waals surface area contributed by atoms with Gasteiger partial charge in [0.2, 0.25) is 0 Å². The number of hydrogen-bond acceptors (Lipinski definition) is 5. The second kappa shape index (κ2) is 20.6. The summed E-state index contributed by atoms with van der Waals surface area (Å²) in [6.45, 7) is 4.53. The van der Waals surface area contributed by atoms with Crippen molar-refractivity contribution in [2.24, 2.45) is 0 Å². The zero-order chi connectivity index (χ0) is 62.3. The molecule has 0 aliphatic heterocycles. The van der Waals surface area contributed by atoms with Gasteiger partial charge < -0.3 is 18.6 Å². The van der Waals surface area contributed by atoms with Gasteiger partial charge in [0.05, 0.1) is 22.7 Å². The Morgan fingerprint density at radius 1 is 0.330 bits per heavy atom. The molecule has 94 heavy (non-hydrogen) atoms. The topological polar surface area (TPSA) is 56.6 Å². The Morgan fingerprint density at radius 2 is 0.883 bits per heavy atom. The smallest absolute Gasteiger partial charge is 0.145 e. The second-order valence-corrected chi connectivity index (χ2v) is 25.5. The molecule has 440 valence electrons. The minimum Gasteiger partial charge on any atom is -0.456 e. The van der Waals surface area contributed by atoms with Crippen LogP contribution >= 0.6 is 0 Å². The molecule has 1 spiro atoms. The number of benzene rings is 15. The predicted molar refractivity (Wildman–Crippen MR) is 389 cm³/mol. The van der Waals surface area contributed by atoms with E-state index in [9.17, 15) is 5.26 Å². The lowest BCUT2D eigenvalue weighted by Gasteiger charge is -2.33. The molecular formula is C89H57N3O2. The molecule has 15 aromatic carbocycles. The number of nitriles is 1. The van der Waals surface area contributed by atoms with Crippen LogP contribution in [0.3, 0.4) is 0 Å². The maximum Gasteiger partial charge on any atom is 0.145 e. The van der Waals surface area contributed by atoms with Crippen LogP contribution in [-0.2, 0) is 5.41 Å². The van der Waals surface area contributed by atoms with Gasteiger partial charge in [-0.15, -0.1) is 0 Å². The van der Waals surface area contributed by atoms with Crippen molar-refractivity contribution in [2.45, 2.75) is 25.2 Å². The SMILES string of the molecule is CC(C)c1cc2cc(N(c3ccc4c(c3)C3(c5ccccc5-c5ccccc53)c3ccccc3-4)c3cc(-c4ccccc4)c4ccccc4c3)c3cc(C#N)c4c5ccccc5oc4c3c2c2c1oc1cc(N(c3ccccc3)c3cccc(-c4ccccc4)c3)ccc12. The molecule has 0 saturated heterocycles. The van der Waals surface area contributed by atoms with Crippen LogP contribution in [0.15, 0.2) is 312 Å². The van der Waals surface area contributed by atoms with Crippen molar-refractivity contribution in [2.75, 3.05) is 9.80 Å². The van der Waals surface area contributed by atoms with Crippen molar-refractivity contribution in [1.82, 2.24) is 0 Å². The van der Waals surface area contributed by atoms with Gasteiger partial charge in [-0.1, -0.05) is 226 Å². The maximum absolute atomic E-state index is 11.7. The Morgan fingerprint density at radius 3 is 1.60 bits per heavy atom. The molecule has 0 unspecified atom stereocenters. The first-order valence-electron chi connectivity index (χ1n) is 32.4. The average molecular weight is 1200 g/mol. The Bertz CT molecular complexity index is 5990. The number of anilines is 6. The van der Waals surface area contributed by atoms with E-state index in [1.54, 1.807) is 0 Å². The van der Waals surface area contributed by atoms with Crippen molar-refractivity contribution < 1.29 is 8.83 Å². The first-order chi connectivity index (χ1) is 46.4. The molecule has 17 aromatic rings. The van der Waals surface area contributed by atoms with Gasteiger partial charge in [-0.2, -0.15) is 5.26 Å². The minimum absolute atomic E-state index is 0.0662. The third-order valence-electron chi connectivity index (χ3n) is 20.1. The van der Waals surface area contributed by atoms with Crippen molar-refractivity contribution in [3.63, 3.8) is 0 Å².